The largest absolute Gasteiger partial charge is 0.497 e. The maximum absolute atomic E-state index is 12.5. The highest BCUT2D eigenvalue weighted by Crippen LogP contribution is 2.14. The third-order valence-electron chi connectivity index (χ3n) is 3.48. The zero-order valence-electron chi connectivity index (χ0n) is 12.1. The van der Waals surface area contributed by atoms with Crippen molar-refractivity contribution in [3.8, 4) is 11.4 Å². The van der Waals surface area contributed by atoms with E-state index in [9.17, 15) is 14.4 Å². The second kappa shape index (κ2) is 5.45. The van der Waals surface area contributed by atoms with Gasteiger partial charge in [-0.15, -0.1) is 0 Å². The smallest absolute Gasteiger partial charge is 0.335 e. The van der Waals surface area contributed by atoms with Crippen LogP contribution in [0.15, 0.2) is 52.1 Å². The minimum atomic E-state index is -1.13. The average molecular weight is 312 g/mol. The number of carboxylic acids is 1. The Labute approximate surface area is 129 Å². The van der Waals surface area contributed by atoms with Crippen LogP contribution in [0, 0.1) is 0 Å². The van der Waals surface area contributed by atoms with Crippen LogP contribution in [0.25, 0.3) is 16.6 Å². The molecule has 0 saturated heterocycles. The molecule has 0 spiro atoms. The lowest BCUT2D eigenvalue weighted by Gasteiger charge is -2.07. The number of aromatic nitrogens is 2. The first-order valence-corrected chi connectivity index (χ1v) is 6.68. The molecule has 116 valence electrons. The summed E-state index contributed by atoms with van der Waals surface area (Å²) < 4.78 is 6.03. The summed E-state index contributed by atoms with van der Waals surface area (Å²) in [5.41, 5.74) is -0.596. The van der Waals surface area contributed by atoms with Crippen LogP contribution in [-0.4, -0.2) is 27.7 Å². The van der Waals surface area contributed by atoms with Crippen molar-refractivity contribution in [1.29, 1.82) is 0 Å². The monoisotopic (exact) mass is 312 g/mol. The maximum Gasteiger partial charge on any atom is 0.335 e. The van der Waals surface area contributed by atoms with E-state index in [-0.39, 0.29) is 16.5 Å². The van der Waals surface area contributed by atoms with E-state index in [1.165, 1.54) is 25.3 Å². The molecular formula is C16H12N2O5. The van der Waals surface area contributed by atoms with Gasteiger partial charge in [0, 0.05) is 0 Å². The Bertz CT molecular complexity index is 1020. The van der Waals surface area contributed by atoms with Crippen LogP contribution in [-0.2, 0) is 0 Å². The predicted octanol–water partition coefficient (Wildman–Crippen LogP) is 1.39. The third-order valence-corrected chi connectivity index (χ3v) is 3.48. The summed E-state index contributed by atoms with van der Waals surface area (Å²) in [6.07, 6.45) is 0. The number of H-pyrrole nitrogens is 1. The van der Waals surface area contributed by atoms with Crippen LogP contribution in [0.3, 0.4) is 0 Å². The van der Waals surface area contributed by atoms with Gasteiger partial charge in [0.05, 0.1) is 29.3 Å². The summed E-state index contributed by atoms with van der Waals surface area (Å²) >= 11 is 0. The number of hydrogen-bond donors (Lipinski definition) is 2. The van der Waals surface area contributed by atoms with Crippen molar-refractivity contribution >= 4 is 16.9 Å². The molecule has 0 aliphatic rings. The Balaban J connectivity index is 2.26. The number of nitrogens with zero attached hydrogens (tertiary/aromatic N) is 1. The molecule has 0 radical (unpaired) electrons. The van der Waals surface area contributed by atoms with Gasteiger partial charge in [-0.2, -0.15) is 0 Å². The quantitative estimate of drug-likeness (QED) is 0.761. The predicted molar refractivity (Wildman–Crippen MR) is 83.7 cm³/mol. The first kappa shape index (κ1) is 14.6. The van der Waals surface area contributed by atoms with E-state index in [0.717, 1.165) is 4.57 Å². The number of methoxy groups -OCH3 is 1. The molecule has 0 fully saturated rings. The number of hydrogen-bond acceptors (Lipinski definition) is 4. The molecular weight excluding hydrogens is 300 g/mol. The van der Waals surface area contributed by atoms with Crippen molar-refractivity contribution in [2.45, 2.75) is 0 Å². The second-order valence-corrected chi connectivity index (χ2v) is 4.83. The normalized spacial score (nSPS) is 10.7. The molecule has 0 saturated carbocycles. The average Bonchev–Trinajstić information content (AvgIpc) is 2.55. The second-order valence-electron chi connectivity index (χ2n) is 4.83. The van der Waals surface area contributed by atoms with Crippen LogP contribution in [0.1, 0.15) is 10.4 Å². The van der Waals surface area contributed by atoms with Crippen LogP contribution >= 0.6 is 0 Å². The lowest BCUT2D eigenvalue weighted by atomic mass is 10.1. The summed E-state index contributed by atoms with van der Waals surface area (Å²) in [6, 6.07) is 10.4. The van der Waals surface area contributed by atoms with E-state index in [4.69, 9.17) is 9.84 Å². The Kier molecular flexibility index (Phi) is 3.46. The van der Waals surface area contributed by atoms with Gasteiger partial charge in [0.25, 0.3) is 5.56 Å². The number of aromatic carboxylic acids is 1. The Morgan fingerprint density at radius 3 is 2.43 bits per heavy atom. The van der Waals surface area contributed by atoms with Crippen LogP contribution in [0.2, 0.25) is 0 Å². The van der Waals surface area contributed by atoms with E-state index < -0.39 is 17.2 Å². The van der Waals surface area contributed by atoms with Crippen molar-refractivity contribution in [3.63, 3.8) is 0 Å². The first-order valence-electron chi connectivity index (χ1n) is 6.68. The number of benzene rings is 2. The van der Waals surface area contributed by atoms with E-state index in [1.54, 1.807) is 24.3 Å². The molecule has 2 aromatic carbocycles. The van der Waals surface area contributed by atoms with Crippen molar-refractivity contribution < 1.29 is 14.6 Å². The molecule has 7 nitrogen and oxygen atoms in total. The molecule has 23 heavy (non-hydrogen) atoms. The molecule has 7 heteroatoms. The molecule has 3 aromatic rings. The fourth-order valence-corrected chi connectivity index (χ4v) is 2.32. The molecule has 0 aliphatic heterocycles. The number of carbonyl (C=O) groups is 1. The first-order chi connectivity index (χ1) is 11.0. The van der Waals surface area contributed by atoms with Gasteiger partial charge in [-0.1, -0.05) is 0 Å². The Morgan fingerprint density at radius 2 is 1.83 bits per heavy atom. The number of aromatic amines is 1. The summed E-state index contributed by atoms with van der Waals surface area (Å²) in [6.45, 7) is 0. The van der Waals surface area contributed by atoms with Gasteiger partial charge in [-0.05, 0) is 42.5 Å². The lowest BCUT2D eigenvalue weighted by molar-refractivity contribution is 0.0697. The number of carboxylic acid groups (broad SMARTS) is 1. The molecule has 3 rings (SSSR count). The highest BCUT2D eigenvalue weighted by atomic mass is 16.5. The number of rotatable bonds is 3. The van der Waals surface area contributed by atoms with Crippen molar-refractivity contribution in [3.05, 3.63) is 68.9 Å². The molecule has 0 unspecified atom stereocenters. The minimum absolute atomic E-state index is 0.00486. The van der Waals surface area contributed by atoms with Crippen LogP contribution in [0.4, 0.5) is 0 Å². The fourth-order valence-electron chi connectivity index (χ4n) is 2.32. The van der Waals surface area contributed by atoms with Gasteiger partial charge in [0.1, 0.15) is 5.75 Å². The van der Waals surface area contributed by atoms with E-state index in [1.807, 2.05) is 0 Å². The minimum Gasteiger partial charge on any atom is -0.497 e. The van der Waals surface area contributed by atoms with Gasteiger partial charge in [0.15, 0.2) is 0 Å². The molecule has 0 aliphatic carbocycles. The molecule has 0 amide bonds. The molecule has 1 heterocycles. The summed E-state index contributed by atoms with van der Waals surface area (Å²) in [7, 11) is 1.52. The number of nitrogens with one attached hydrogen (secondary N) is 1. The molecule has 2 N–H and O–H groups in total. The number of fused-ring (bicyclic) bond motifs is 1. The van der Waals surface area contributed by atoms with Crippen molar-refractivity contribution in [2.24, 2.45) is 0 Å². The summed E-state index contributed by atoms with van der Waals surface area (Å²) in [5, 5.41) is 9.20. The third kappa shape index (κ3) is 2.48. The highest BCUT2D eigenvalue weighted by Gasteiger charge is 2.12. The molecule has 1 aromatic heterocycles. The van der Waals surface area contributed by atoms with Crippen LogP contribution < -0.4 is 16.0 Å². The number of ether oxygens (including phenoxy) is 1. The topological polar surface area (TPSA) is 101 Å². The Morgan fingerprint density at radius 1 is 1.13 bits per heavy atom. The zero-order chi connectivity index (χ0) is 16.6. The van der Waals surface area contributed by atoms with Gasteiger partial charge >= 0.3 is 11.7 Å². The summed E-state index contributed by atoms with van der Waals surface area (Å²) in [5.74, 6) is -0.530. The Hall–Kier alpha value is -3.35. The fraction of sp³-hybridized carbons (Fsp3) is 0.0625. The summed E-state index contributed by atoms with van der Waals surface area (Å²) in [4.78, 5) is 38.3. The lowest BCUT2D eigenvalue weighted by Crippen LogP contribution is -2.33. The van der Waals surface area contributed by atoms with Gasteiger partial charge in [-0.3, -0.25) is 4.79 Å². The highest BCUT2D eigenvalue weighted by molar-refractivity contribution is 5.92. The zero-order valence-corrected chi connectivity index (χ0v) is 12.1. The van der Waals surface area contributed by atoms with E-state index in [0.29, 0.717) is 11.4 Å². The van der Waals surface area contributed by atoms with E-state index >= 15 is 0 Å². The molecule has 0 atom stereocenters. The van der Waals surface area contributed by atoms with Crippen LogP contribution in [0.5, 0.6) is 5.75 Å². The van der Waals surface area contributed by atoms with E-state index in [2.05, 4.69) is 4.98 Å². The van der Waals surface area contributed by atoms with Gasteiger partial charge < -0.3 is 14.8 Å². The molecule has 0 bridgehead atoms. The van der Waals surface area contributed by atoms with Gasteiger partial charge in [-0.25, -0.2) is 14.2 Å². The van der Waals surface area contributed by atoms with Crippen molar-refractivity contribution in [2.75, 3.05) is 7.11 Å². The maximum atomic E-state index is 12.5. The van der Waals surface area contributed by atoms with Crippen molar-refractivity contribution in [1.82, 2.24) is 9.55 Å². The standard InChI is InChI=1S/C16H12N2O5/c1-23-11-5-3-10(4-6-11)18-14(19)12-7-2-9(15(20)21)8-13(12)17-16(18)22/h2-8H,1H3,(H,17,22)(H,20,21). The SMILES string of the molecule is COc1ccc(-n2c(=O)[nH]c3cc(C(=O)O)ccc3c2=O)cc1. The van der Waals surface area contributed by atoms with Gasteiger partial charge in [0.2, 0.25) is 0 Å².